The number of imidazole rings is 1. The maximum atomic E-state index is 13.0. The molecule has 0 bridgehead atoms. The molecule has 1 aliphatic rings. The number of carbonyl (C=O) groups is 1. The summed E-state index contributed by atoms with van der Waals surface area (Å²) in [7, 11) is 0. The van der Waals surface area contributed by atoms with Gasteiger partial charge >= 0.3 is 0 Å². The lowest BCUT2D eigenvalue weighted by Crippen LogP contribution is -2.31. The van der Waals surface area contributed by atoms with Crippen LogP contribution in [-0.4, -0.2) is 15.5 Å². The number of fused-ring (bicyclic) bond motifs is 2. The van der Waals surface area contributed by atoms with Crippen molar-refractivity contribution in [2.75, 3.05) is 4.90 Å². The molecule has 0 N–H and O–H groups in total. The predicted octanol–water partition coefficient (Wildman–Crippen LogP) is 4.02. The summed E-state index contributed by atoms with van der Waals surface area (Å²) in [5, 5.41) is 0. The monoisotopic (exact) mass is 321 g/mol. The molecule has 0 saturated heterocycles. The SMILES string of the molecule is Cc1nccn1CC(=O)N1c2ccccc2Sc2ccccc21. The van der Waals surface area contributed by atoms with Crippen LogP contribution < -0.4 is 4.90 Å². The van der Waals surface area contributed by atoms with Crippen molar-refractivity contribution in [1.29, 1.82) is 0 Å². The van der Waals surface area contributed by atoms with Crippen molar-refractivity contribution in [1.82, 2.24) is 9.55 Å². The largest absolute Gasteiger partial charge is 0.326 e. The fraction of sp³-hybridized carbons (Fsp3) is 0.111. The quantitative estimate of drug-likeness (QED) is 0.715. The molecule has 114 valence electrons. The highest BCUT2D eigenvalue weighted by atomic mass is 32.2. The van der Waals surface area contributed by atoms with E-state index in [1.54, 1.807) is 18.0 Å². The first kappa shape index (κ1) is 14.1. The van der Waals surface area contributed by atoms with Gasteiger partial charge < -0.3 is 4.57 Å². The van der Waals surface area contributed by atoms with Crippen molar-refractivity contribution in [2.45, 2.75) is 23.3 Å². The van der Waals surface area contributed by atoms with Crippen LogP contribution in [0.2, 0.25) is 0 Å². The Morgan fingerprint density at radius 2 is 1.65 bits per heavy atom. The van der Waals surface area contributed by atoms with Gasteiger partial charge in [-0.15, -0.1) is 0 Å². The summed E-state index contributed by atoms with van der Waals surface area (Å²) in [4.78, 5) is 21.2. The number of para-hydroxylation sites is 2. The van der Waals surface area contributed by atoms with Crippen LogP contribution in [0.3, 0.4) is 0 Å². The number of rotatable bonds is 2. The minimum Gasteiger partial charge on any atom is -0.326 e. The molecule has 5 heteroatoms. The van der Waals surface area contributed by atoms with Gasteiger partial charge in [0.15, 0.2) is 0 Å². The van der Waals surface area contributed by atoms with Crippen molar-refractivity contribution in [3.8, 4) is 0 Å². The third-order valence-corrected chi connectivity index (χ3v) is 5.04. The number of benzene rings is 2. The van der Waals surface area contributed by atoms with Gasteiger partial charge in [-0.3, -0.25) is 9.69 Å². The van der Waals surface area contributed by atoms with E-state index in [0.29, 0.717) is 0 Å². The van der Waals surface area contributed by atoms with Gasteiger partial charge in [0.1, 0.15) is 12.4 Å². The van der Waals surface area contributed by atoms with Crippen molar-refractivity contribution in [3.63, 3.8) is 0 Å². The highest BCUT2D eigenvalue weighted by molar-refractivity contribution is 7.99. The highest BCUT2D eigenvalue weighted by Gasteiger charge is 2.27. The zero-order valence-corrected chi connectivity index (χ0v) is 13.5. The molecule has 0 fully saturated rings. The van der Waals surface area contributed by atoms with Crippen molar-refractivity contribution in [2.24, 2.45) is 0 Å². The maximum absolute atomic E-state index is 13.0. The molecular formula is C18H15N3OS. The summed E-state index contributed by atoms with van der Waals surface area (Å²) in [6, 6.07) is 16.0. The molecule has 1 aliphatic heterocycles. The average Bonchev–Trinajstić information content (AvgIpc) is 2.97. The topological polar surface area (TPSA) is 38.1 Å². The Bertz CT molecular complexity index is 842. The molecular weight excluding hydrogens is 306 g/mol. The minimum atomic E-state index is 0.0336. The minimum absolute atomic E-state index is 0.0336. The molecule has 1 aromatic heterocycles. The van der Waals surface area contributed by atoms with Crippen molar-refractivity contribution in [3.05, 3.63) is 66.7 Å². The number of aryl methyl sites for hydroxylation is 1. The molecule has 0 spiro atoms. The highest BCUT2D eigenvalue weighted by Crippen LogP contribution is 2.47. The average molecular weight is 321 g/mol. The Morgan fingerprint density at radius 1 is 1.04 bits per heavy atom. The van der Waals surface area contributed by atoms with E-state index in [1.807, 2.05) is 59.0 Å². The van der Waals surface area contributed by atoms with Gasteiger partial charge in [0.2, 0.25) is 0 Å². The van der Waals surface area contributed by atoms with E-state index in [0.717, 1.165) is 27.0 Å². The van der Waals surface area contributed by atoms with Gasteiger partial charge in [0.05, 0.1) is 11.4 Å². The van der Waals surface area contributed by atoms with Gasteiger partial charge in [-0.25, -0.2) is 4.98 Å². The van der Waals surface area contributed by atoms with Crippen LogP contribution in [0, 0.1) is 6.92 Å². The number of nitrogens with zero attached hydrogens (tertiary/aromatic N) is 3. The van der Waals surface area contributed by atoms with E-state index in [2.05, 4.69) is 17.1 Å². The molecule has 23 heavy (non-hydrogen) atoms. The van der Waals surface area contributed by atoms with Crippen LogP contribution in [0.5, 0.6) is 0 Å². The Balaban J connectivity index is 1.78. The van der Waals surface area contributed by atoms with Gasteiger partial charge in [0.25, 0.3) is 5.91 Å². The standard InChI is InChI=1S/C18H15N3OS/c1-13-19-10-11-20(13)12-18(22)21-14-6-2-4-8-16(14)23-17-9-5-3-7-15(17)21/h2-11H,12H2,1H3. The lowest BCUT2D eigenvalue weighted by molar-refractivity contribution is -0.118. The van der Waals surface area contributed by atoms with Crippen molar-refractivity contribution < 1.29 is 4.79 Å². The van der Waals surface area contributed by atoms with Crippen LogP contribution in [0.25, 0.3) is 0 Å². The molecule has 0 aliphatic carbocycles. The van der Waals surface area contributed by atoms with E-state index in [1.165, 1.54) is 0 Å². The van der Waals surface area contributed by atoms with E-state index in [4.69, 9.17) is 0 Å². The Morgan fingerprint density at radius 3 is 2.22 bits per heavy atom. The molecule has 0 saturated carbocycles. The van der Waals surface area contributed by atoms with E-state index in [9.17, 15) is 4.79 Å². The number of hydrogen-bond donors (Lipinski definition) is 0. The van der Waals surface area contributed by atoms with Gasteiger partial charge in [-0.2, -0.15) is 0 Å². The smallest absolute Gasteiger partial charge is 0.251 e. The summed E-state index contributed by atoms with van der Waals surface area (Å²) in [5.41, 5.74) is 1.89. The third kappa shape index (κ3) is 2.43. The fourth-order valence-electron chi connectivity index (χ4n) is 2.76. The molecule has 3 aromatic rings. The summed E-state index contributed by atoms with van der Waals surface area (Å²) in [6.07, 6.45) is 3.56. The number of hydrogen-bond acceptors (Lipinski definition) is 3. The van der Waals surface area contributed by atoms with Gasteiger partial charge in [-0.05, 0) is 31.2 Å². The van der Waals surface area contributed by atoms with Crippen LogP contribution in [0.4, 0.5) is 11.4 Å². The first-order valence-corrected chi connectivity index (χ1v) is 8.22. The van der Waals surface area contributed by atoms with Crippen molar-refractivity contribution >= 4 is 29.0 Å². The number of carbonyl (C=O) groups excluding carboxylic acids is 1. The summed E-state index contributed by atoms with van der Waals surface area (Å²) >= 11 is 1.70. The lowest BCUT2D eigenvalue weighted by atomic mass is 10.2. The number of amides is 1. The lowest BCUT2D eigenvalue weighted by Gasteiger charge is -2.31. The molecule has 0 radical (unpaired) electrons. The molecule has 2 aromatic carbocycles. The van der Waals surface area contributed by atoms with Gasteiger partial charge in [0, 0.05) is 22.2 Å². The fourth-order valence-corrected chi connectivity index (χ4v) is 3.82. The molecule has 4 nitrogen and oxygen atoms in total. The zero-order chi connectivity index (χ0) is 15.8. The Hall–Kier alpha value is -2.53. The summed E-state index contributed by atoms with van der Waals surface area (Å²) in [5.74, 6) is 0.873. The predicted molar refractivity (Wildman–Crippen MR) is 91.1 cm³/mol. The number of anilines is 2. The number of aromatic nitrogens is 2. The third-order valence-electron chi connectivity index (χ3n) is 3.91. The van der Waals surface area contributed by atoms with Crippen LogP contribution in [-0.2, 0) is 11.3 Å². The second-order valence-electron chi connectivity index (χ2n) is 5.37. The van der Waals surface area contributed by atoms with E-state index >= 15 is 0 Å². The first-order valence-electron chi connectivity index (χ1n) is 7.40. The van der Waals surface area contributed by atoms with Gasteiger partial charge in [-0.1, -0.05) is 36.0 Å². The maximum Gasteiger partial charge on any atom is 0.251 e. The second-order valence-corrected chi connectivity index (χ2v) is 6.45. The van der Waals surface area contributed by atoms with E-state index < -0.39 is 0 Å². The Labute approximate surface area is 138 Å². The van der Waals surface area contributed by atoms with Crippen LogP contribution >= 0.6 is 11.8 Å². The second kappa shape index (κ2) is 5.59. The first-order chi connectivity index (χ1) is 11.2. The molecule has 4 rings (SSSR count). The molecule has 0 unspecified atom stereocenters. The van der Waals surface area contributed by atoms with E-state index in [-0.39, 0.29) is 12.5 Å². The van der Waals surface area contributed by atoms with Crippen LogP contribution in [0.15, 0.2) is 70.7 Å². The summed E-state index contributed by atoms with van der Waals surface area (Å²) < 4.78 is 1.87. The van der Waals surface area contributed by atoms with Crippen LogP contribution in [0.1, 0.15) is 5.82 Å². The molecule has 2 heterocycles. The normalized spacial score (nSPS) is 12.7. The molecule has 1 amide bonds. The zero-order valence-electron chi connectivity index (χ0n) is 12.6. The molecule has 0 atom stereocenters. The Kier molecular flexibility index (Phi) is 3.42. The summed E-state index contributed by atoms with van der Waals surface area (Å²) in [6.45, 7) is 2.18.